The molecule has 0 spiro atoms. The van der Waals surface area contributed by atoms with Crippen molar-refractivity contribution >= 4 is 34.6 Å². The number of fused-ring (bicyclic) bond motifs is 1. The number of nitrogens with two attached hydrogens (primary N) is 1. The summed E-state index contributed by atoms with van der Waals surface area (Å²) in [4.78, 5) is 19.6. The number of nitrogens with zero attached hydrogens (tertiary/aromatic N) is 1. The highest BCUT2D eigenvalue weighted by molar-refractivity contribution is 7.99. The van der Waals surface area contributed by atoms with E-state index in [0.29, 0.717) is 41.2 Å². The zero-order valence-electron chi connectivity index (χ0n) is 16.9. The van der Waals surface area contributed by atoms with Crippen LogP contribution in [0.3, 0.4) is 0 Å². The highest BCUT2D eigenvalue weighted by Gasteiger charge is 2.21. The van der Waals surface area contributed by atoms with E-state index in [0.717, 1.165) is 22.3 Å². The van der Waals surface area contributed by atoms with Crippen LogP contribution in [0.1, 0.15) is 16.9 Å². The minimum absolute atomic E-state index is 0.0869. The predicted octanol–water partition coefficient (Wildman–Crippen LogP) is 2.31. The van der Waals surface area contributed by atoms with Gasteiger partial charge in [-0.2, -0.15) is 4.98 Å². The van der Waals surface area contributed by atoms with E-state index in [1.165, 1.54) is 11.8 Å². The normalized spacial score (nSPS) is 10.9. The van der Waals surface area contributed by atoms with Crippen LogP contribution in [0, 0.1) is 13.8 Å². The third-order valence-corrected chi connectivity index (χ3v) is 5.48. The zero-order valence-corrected chi connectivity index (χ0v) is 17.7. The summed E-state index contributed by atoms with van der Waals surface area (Å²) in [5.74, 6) is 2.67. The molecule has 0 aliphatic rings. The smallest absolute Gasteiger partial charge is 0.362 e. The number of thioether (sulfide) groups is 1. The molecule has 0 atom stereocenters. The van der Waals surface area contributed by atoms with Gasteiger partial charge >= 0.3 is 10.9 Å². The van der Waals surface area contributed by atoms with E-state index in [-0.39, 0.29) is 11.7 Å². The number of carbonyl (C=O) groups is 1. The van der Waals surface area contributed by atoms with E-state index < -0.39 is 0 Å². The maximum Gasteiger partial charge on any atom is 0.362 e. The first-order chi connectivity index (χ1) is 13.9. The number of aryl methyl sites for hydroxylation is 2. The van der Waals surface area contributed by atoms with Crippen LogP contribution in [0.5, 0.6) is 11.5 Å². The summed E-state index contributed by atoms with van der Waals surface area (Å²) in [5, 5.41) is 4.23. The van der Waals surface area contributed by atoms with Crippen LogP contribution in [0.15, 0.2) is 27.8 Å². The number of methoxy groups -OCH3 is 2. The van der Waals surface area contributed by atoms with Gasteiger partial charge in [-0.3, -0.25) is 4.79 Å². The van der Waals surface area contributed by atoms with Crippen molar-refractivity contribution in [3.8, 4) is 11.5 Å². The lowest BCUT2D eigenvalue weighted by atomic mass is 10.1. The van der Waals surface area contributed by atoms with Crippen LogP contribution >= 0.6 is 11.8 Å². The molecule has 0 unspecified atom stereocenters. The number of nitrogens with one attached hydrogen (secondary N) is 2. The van der Waals surface area contributed by atoms with Crippen LogP contribution in [0.25, 0.3) is 11.1 Å². The Kier molecular flexibility index (Phi) is 6.48. The number of hydrogen-bond donors (Lipinski definition) is 2. The van der Waals surface area contributed by atoms with Gasteiger partial charge in [-0.25, -0.2) is 0 Å². The summed E-state index contributed by atoms with van der Waals surface area (Å²) in [7, 11) is 3.20. The molecule has 1 aromatic carbocycles. The van der Waals surface area contributed by atoms with Gasteiger partial charge in [0.2, 0.25) is 5.91 Å². The molecule has 0 bridgehead atoms. The summed E-state index contributed by atoms with van der Waals surface area (Å²) in [6.07, 6.45) is 0.686. The highest BCUT2D eigenvalue weighted by Crippen LogP contribution is 2.28. The van der Waals surface area contributed by atoms with E-state index in [1.807, 2.05) is 32.0 Å². The molecular formula is C20H25N4O4S+. The molecule has 0 aliphatic carbocycles. The third kappa shape index (κ3) is 4.73. The molecule has 0 saturated heterocycles. The number of rotatable bonds is 8. The number of amides is 1. The predicted molar refractivity (Wildman–Crippen MR) is 111 cm³/mol. The molecule has 3 aromatic rings. The fraction of sp³-hybridized carbons (Fsp3) is 0.350. The number of aromatic nitrogens is 2. The minimum Gasteiger partial charge on any atom is -0.493 e. The van der Waals surface area contributed by atoms with Crippen molar-refractivity contribution in [3.63, 3.8) is 0 Å². The number of aromatic amines is 1. The second-order valence-electron chi connectivity index (χ2n) is 6.49. The first-order valence-corrected chi connectivity index (χ1v) is 10.1. The van der Waals surface area contributed by atoms with Gasteiger partial charge in [0.25, 0.3) is 5.82 Å². The van der Waals surface area contributed by atoms with Gasteiger partial charge in [-0.15, -0.1) is 0 Å². The summed E-state index contributed by atoms with van der Waals surface area (Å²) in [6, 6.07) is 5.71. The number of carbonyl (C=O) groups excluding carboxylic acids is 1. The molecule has 2 heterocycles. The molecule has 0 aliphatic heterocycles. The molecule has 29 heavy (non-hydrogen) atoms. The Labute approximate surface area is 173 Å². The third-order valence-electron chi connectivity index (χ3n) is 4.61. The van der Waals surface area contributed by atoms with Crippen LogP contribution in [0.4, 0.5) is 5.82 Å². The number of nitrogen functional groups attached to an aromatic ring is 1. The Morgan fingerprint density at radius 2 is 2.03 bits per heavy atom. The number of H-pyrrole nitrogens is 1. The van der Waals surface area contributed by atoms with Crippen molar-refractivity contribution in [3.05, 3.63) is 35.1 Å². The average molecular weight is 418 g/mol. The van der Waals surface area contributed by atoms with Gasteiger partial charge in [0.15, 0.2) is 11.5 Å². The van der Waals surface area contributed by atoms with E-state index in [9.17, 15) is 4.79 Å². The van der Waals surface area contributed by atoms with Crippen molar-refractivity contribution in [2.45, 2.75) is 25.4 Å². The van der Waals surface area contributed by atoms with E-state index in [2.05, 4.69) is 15.3 Å². The summed E-state index contributed by atoms with van der Waals surface area (Å²) >= 11 is 1.27. The van der Waals surface area contributed by atoms with Gasteiger partial charge in [-0.1, -0.05) is 6.07 Å². The lowest BCUT2D eigenvalue weighted by molar-refractivity contribution is -0.412. The number of furan rings is 1. The fourth-order valence-corrected chi connectivity index (χ4v) is 3.65. The standard InChI is InChI=1S/C20H24N4O4S/c1-11-12(2)28-19-17(11)18(21)23-20(24-19)29-10-16(25)22-8-7-13-5-6-14(26-3)15(9-13)27-4/h5-6,9H,7-8,10H2,1-4H3,(H,22,25)(H2,21,23,24)/p+1. The van der Waals surface area contributed by atoms with Gasteiger partial charge in [0, 0.05) is 12.1 Å². The Bertz CT molecular complexity index is 1030. The average Bonchev–Trinajstić information content (AvgIpc) is 3.00. The Hall–Kier alpha value is -2.94. The zero-order chi connectivity index (χ0) is 21.0. The number of benzene rings is 1. The monoisotopic (exact) mass is 417 g/mol. The van der Waals surface area contributed by atoms with Crippen LogP contribution in [-0.4, -0.2) is 37.4 Å². The highest BCUT2D eigenvalue weighted by atomic mass is 32.2. The molecule has 4 N–H and O–H groups in total. The summed E-state index contributed by atoms with van der Waals surface area (Å²) < 4.78 is 16.2. The van der Waals surface area contributed by atoms with E-state index in [4.69, 9.17) is 19.6 Å². The Morgan fingerprint density at radius 3 is 2.76 bits per heavy atom. The van der Waals surface area contributed by atoms with E-state index in [1.54, 1.807) is 14.2 Å². The molecule has 0 saturated carbocycles. The second kappa shape index (κ2) is 9.04. The fourth-order valence-electron chi connectivity index (χ4n) is 2.95. The molecule has 1 amide bonds. The van der Waals surface area contributed by atoms with Gasteiger partial charge in [0.1, 0.15) is 11.1 Å². The minimum atomic E-state index is -0.0869. The molecule has 8 nitrogen and oxygen atoms in total. The lowest BCUT2D eigenvalue weighted by Crippen LogP contribution is -2.27. The Morgan fingerprint density at radius 1 is 1.28 bits per heavy atom. The molecular weight excluding hydrogens is 392 g/mol. The number of anilines is 1. The Balaban J connectivity index is 1.52. The SMILES string of the molecule is COc1ccc(CCNC(=O)CSc2nc(N)c3c(C)c(C)oc3[nH+]2)cc1OC. The first-order valence-electron chi connectivity index (χ1n) is 9.11. The maximum atomic E-state index is 12.2. The molecule has 0 fully saturated rings. The van der Waals surface area contributed by atoms with Gasteiger partial charge in [0.05, 0.1) is 20.0 Å². The number of hydrogen-bond acceptors (Lipinski definition) is 7. The van der Waals surface area contributed by atoms with Crippen molar-refractivity contribution in [1.82, 2.24) is 10.3 Å². The largest absolute Gasteiger partial charge is 0.493 e. The summed E-state index contributed by atoms with van der Waals surface area (Å²) in [5.41, 5.74) is 8.63. The van der Waals surface area contributed by atoms with Crippen molar-refractivity contribution < 1.29 is 23.7 Å². The van der Waals surface area contributed by atoms with E-state index >= 15 is 0 Å². The topological polar surface area (TPSA) is 114 Å². The van der Waals surface area contributed by atoms with Crippen LogP contribution < -0.4 is 25.5 Å². The van der Waals surface area contributed by atoms with Crippen LogP contribution in [-0.2, 0) is 11.2 Å². The van der Waals surface area contributed by atoms with Crippen LogP contribution in [0.2, 0.25) is 0 Å². The molecule has 154 valence electrons. The first kappa shape index (κ1) is 20.8. The second-order valence-corrected chi connectivity index (χ2v) is 7.46. The molecule has 9 heteroatoms. The van der Waals surface area contributed by atoms with Crippen molar-refractivity contribution in [2.75, 3.05) is 32.3 Å². The summed E-state index contributed by atoms with van der Waals surface area (Å²) in [6.45, 7) is 4.33. The quantitative estimate of drug-likeness (QED) is 0.427. The van der Waals surface area contributed by atoms with Crippen molar-refractivity contribution in [2.24, 2.45) is 0 Å². The molecule has 2 aromatic heterocycles. The van der Waals surface area contributed by atoms with Gasteiger partial charge in [-0.05, 0) is 54.7 Å². The molecule has 0 radical (unpaired) electrons. The lowest BCUT2D eigenvalue weighted by Gasteiger charge is -2.10. The van der Waals surface area contributed by atoms with Crippen molar-refractivity contribution in [1.29, 1.82) is 0 Å². The van der Waals surface area contributed by atoms with Gasteiger partial charge < -0.3 is 24.9 Å². The maximum absolute atomic E-state index is 12.2. The molecule has 3 rings (SSSR count). The number of ether oxygens (including phenoxy) is 2.